The number of esters is 2. The van der Waals surface area contributed by atoms with Gasteiger partial charge in [-0.05, 0) is 87.9 Å². The fourth-order valence-electron chi connectivity index (χ4n) is 11.3. The van der Waals surface area contributed by atoms with Crippen molar-refractivity contribution in [2.75, 3.05) is 13.2 Å². The second-order valence-electron chi connectivity index (χ2n) is 15.1. The number of ether oxygens (including phenoxy) is 6. The molecule has 12 rings (SSSR count). The van der Waals surface area contributed by atoms with Crippen LogP contribution in [0.15, 0.2) is 23.0 Å². The molecule has 0 amide bonds. The Balaban J connectivity index is 0.000000131. The van der Waals surface area contributed by atoms with E-state index in [-0.39, 0.29) is 51.0 Å². The molecule has 0 radical (unpaired) electrons. The molecule has 0 aromatic rings. The summed E-state index contributed by atoms with van der Waals surface area (Å²) >= 11 is 0. The first-order chi connectivity index (χ1) is 21.1. The number of rotatable bonds is 2. The summed E-state index contributed by atoms with van der Waals surface area (Å²) in [5.74, 6) is -1.43. The third kappa shape index (κ3) is 4.55. The van der Waals surface area contributed by atoms with E-state index in [0.29, 0.717) is 23.7 Å². The van der Waals surface area contributed by atoms with Crippen molar-refractivity contribution in [1.82, 2.24) is 0 Å². The molecule has 12 nitrogen and oxygen atoms in total. The number of carbonyl (C=O) groups is 2. The molecule has 4 aliphatic heterocycles. The number of aliphatic hydroxyl groups excluding tert-OH is 2. The van der Waals surface area contributed by atoms with E-state index in [0.717, 1.165) is 75.0 Å². The van der Waals surface area contributed by atoms with Crippen molar-refractivity contribution in [3.63, 3.8) is 0 Å². The first-order valence-corrected chi connectivity index (χ1v) is 16.4. The van der Waals surface area contributed by atoms with Gasteiger partial charge >= 0.3 is 49.7 Å². The molecule has 2 N–H and O–H groups in total. The Bertz CT molecular complexity index is 1180. The molecule has 8 aliphatic carbocycles. The van der Waals surface area contributed by atoms with Crippen molar-refractivity contribution in [2.24, 2.45) is 47.3 Å². The molecular formula is C32H38CaO12. The van der Waals surface area contributed by atoms with Gasteiger partial charge < -0.3 is 48.8 Å². The van der Waals surface area contributed by atoms with Gasteiger partial charge in [0.05, 0.1) is 13.2 Å². The fraction of sp³-hybridized carbons (Fsp3) is 0.812. The van der Waals surface area contributed by atoms with Crippen LogP contribution in [0.1, 0.15) is 64.2 Å². The van der Waals surface area contributed by atoms with Gasteiger partial charge in [-0.3, -0.25) is 0 Å². The van der Waals surface area contributed by atoms with Crippen LogP contribution in [-0.4, -0.2) is 109 Å². The molecule has 12 aliphatic rings. The van der Waals surface area contributed by atoms with Crippen LogP contribution in [0.2, 0.25) is 0 Å². The van der Waals surface area contributed by atoms with Crippen LogP contribution >= 0.6 is 0 Å². The summed E-state index contributed by atoms with van der Waals surface area (Å²) in [5, 5.41) is 42.5. The Morgan fingerprint density at radius 2 is 0.867 bits per heavy atom. The molecule has 0 aromatic heterocycles. The summed E-state index contributed by atoms with van der Waals surface area (Å²) in [7, 11) is 0. The van der Waals surface area contributed by atoms with Gasteiger partial charge in [-0.2, -0.15) is 0 Å². The zero-order valence-electron chi connectivity index (χ0n) is 25.1. The number of hydrogen-bond donors (Lipinski definition) is 2. The zero-order valence-corrected chi connectivity index (χ0v) is 27.3. The largest absolute Gasteiger partial charge is 2.00 e. The maximum Gasteiger partial charge on any atom is 2.00 e. The Hall–Kier alpha value is -1.28. The van der Waals surface area contributed by atoms with Crippen LogP contribution in [0.4, 0.5) is 0 Å². The Morgan fingerprint density at radius 3 is 1.13 bits per heavy atom. The predicted molar refractivity (Wildman–Crippen MR) is 146 cm³/mol. The molecule has 4 heterocycles. The Kier molecular flexibility index (Phi) is 7.49. The Morgan fingerprint density at radius 1 is 0.556 bits per heavy atom. The monoisotopic (exact) mass is 654 g/mol. The fourth-order valence-corrected chi connectivity index (χ4v) is 11.3. The predicted octanol–water partition coefficient (Wildman–Crippen LogP) is 0.838. The summed E-state index contributed by atoms with van der Waals surface area (Å²) < 4.78 is 34.7. The van der Waals surface area contributed by atoms with E-state index in [1.165, 1.54) is 12.8 Å². The van der Waals surface area contributed by atoms with Crippen LogP contribution in [0, 0.1) is 47.3 Å². The minimum atomic E-state index is -1.00. The van der Waals surface area contributed by atoms with Gasteiger partial charge in [0.1, 0.15) is 23.7 Å². The van der Waals surface area contributed by atoms with Gasteiger partial charge in [-0.15, -0.1) is 0 Å². The first-order valence-electron chi connectivity index (χ1n) is 16.4. The molecule has 10 fully saturated rings. The van der Waals surface area contributed by atoms with Crippen LogP contribution in [0.25, 0.3) is 0 Å². The normalized spacial score (nSPS) is 51.6. The molecule has 4 unspecified atom stereocenters. The average molecular weight is 655 g/mol. The van der Waals surface area contributed by atoms with Crippen molar-refractivity contribution in [2.45, 2.75) is 100 Å². The summed E-state index contributed by atoms with van der Waals surface area (Å²) in [6.45, 7) is 0.523. The van der Waals surface area contributed by atoms with Crippen molar-refractivity contribution in [3.8, 4) is 0 Å². The summed E-state index contributed by atoms with van der Waals surface area (Å²) in [4.78, 5) is 22.6. The van der Waals surface area contributed by atoms with Crippen molar-refractivity contribution >= 4 is 49.7 Å². The maximum atomic E-state index is 11.4. The minimum Gasteiger partial charge on any atom is -0.865 e. The van der Waals surface area contributed by atoms with Crippen molar-refractivity contribution < 1.29 is 58.4 Å². The SMILES string of the molecule is O=C1OC(C2COC3(O2)C2CC4CC(C2)CC3C4)C(O)=C1[O-].O=C1OC(C2COC3(O2)C2CC4CC(C2)CC3C4)C(O)=C1[O-].[Ca+2]. The number of aliphatic hydroxyl groups is 2. The van der Waals surface area contributed by atoms with Crippen molar-refractivity contribution in [3.05, 3.63) is 23.0 Å². The molecule has 2 spiro atoms. The molecule has 8 saturated carbocycles. The molecule has 13 heteroatoms. The summed E-state index contributed by atoms with van der Waals surface area (Å²) in [5.41, 5.74) is 0. The third-order valence-electron chi connectivity index (χ3n) is 12.7. The first kappa shape index (κ1) is 31.0. The van der Waals surface area contributed by atoms with E-state index in [1.54, 1.807) is 0 Å². The number of hydrogen-bond acceptors (Lipinski definition) is 12. The minimum absolute atomic E-state index is 0. The summed E-state index contributed by atoms with van der Waals surface area (Å²) in [6, 6.07) is 0. The van der Waals surface area contributed by atoms with E-state index in [2.05, 4.69) is 0 Å². The number of carbonyl (C=O) groups excluding carboxylic acids is 2. The van der Waals surface area contributed by atoms with Gasteiger partial charge in [-0.25, -0.2) is 9.59 Å². The Labute approximate surface area is 290 Å². The van der Waals surface area contributed by atoms with Crippen LogP contribution in [-0.2, 0) is 38.0 Å². The van der Waals surface area contributed by atoms with E-state index >= 15 is 0 Å². The maximum absolute atomic E-state index is 11.4. The molecule has 240 valence electrons. The zero-order chi connectivity index (χ0) is 30.1. The van der Waals surface area contributed by atoms with E-state index in [4.69, 9.17) is 28.4 Å². The van der Waals surface area contributed by atoms with Crippen LogP contribution in [0.3, 0.4) is 0 Å². The smallest absolute Gasteiger partial charge is 0.865 e. The molecular weight excluding hydrogens is 616 g/mol. The molecule has 2 saturated heterocycles. The van der Waals surface area contributed by atoms with Crippen LogP contribution in [0.5, 0.6) is 0 Å². The second-order valence-corrected chi connectivity index (χ2v) is 15.1. The summed E-state index contributed by atoms with van der Waals surface area (Å²) in [6.07, 6.45) is 8.63. The molecule has 45 heavy (non-hydrogen) atoms. The number of cyclic esters (lactones) is 2. The van der Waals surface area contributed by atoms with Gasteiger partial charge in [-0.1, -0.05) is 0 Å². The third-order valence-corrected chi connectivity index (χ3v) is 12.7. The van der Waals surface area contributed by atoms with Gasteiger partial charge in [0.25, 0.3) is 0 Å². The van der Waals surface area contributed by atoms with Gasteiger partial charge in [0.15, 0.2) is 23.8 Å². The van der Waals surface area contributed by atoms with Crippen LogP contribution < -0.4 is 10.2 Å². The molecule has 8 bridgehead atoms. The molecule has 4 atom stereocenters. The van der Waals surface area contributed by atoms with Crippen molar-refractivity contribution in [1.29, 1.82) is 0 Å². The van der Waals surface area contributed by atoms with E-state index in [1.807, 2.05) is 0 Å². The topological polar surface area (TPSA) is 176 Å². The average Bonchev–Trinajstić information content (AvgIpc) is 3.75. The van der Waals surface area contributed by atoms with E-state index < -0.39 is 71.0 Å². The van der Waals surface area contributed by atoms with E-state index in [9.17, 15) is 30.0 Å². The van der Waals surface area contributed by atoms with Gasteiger partial charge in [0.2, 0.25) is 0 Å². The van der Waals surface area contributed by atoms with Gasteiger partial charge in [0, 0.05) is 35.2 Å². The standard InChI is InChI=1S/2C16H20O6.Ca/c2*17-12-13(18)15(19)21-14(12)11-6-20-16(22-11)9-2-7-1-8(4-9)5-10(16)3-7;/h2*7-11,14,17-18H,1-6H2;/q;;+2/p-2. The quantitative estimate of drug-likeness (QED) is 0.318. The molecule has 0 aromatic carbocycles. The second kappa shape index (κ2) is 10.9.